The largest absolute Gasteiger partial charge is 0.489 e. The Kier molecular flexibility index (Phi) is 3.86. The van der Waals surface area contributed by atoms with E-state index in [9.17, 15) is 9.90 Å². The van der Waals surface area contributed by atoms with Gasteiger partial charge in [0, 0.05) is 0 Å². The molecule has 124 valence electrons. The zero-order valence-electron chi connectivity index (χ0n) is 13.2. The number of carbonyl (C=O) groups excluding carboxylic acids is 1. The molecule has 5 nitrogen and oxygen atoms in total. The van der Waals surface area contributed by atoms with Crippen molar-refractivity contribution in [1.82, 2.24) is 0 Å². The van der Waals surface area contributed by atoms with Crippen LogP contribution in [0.2, 0.25) is 0 Å². The number of fused-ring (bicyclic) bond motifs is 3. The summed E-state index contributed by atoms with van der Waals surface area (Å²) >= 11 is 0. The Balaban J connectivity index is 1.53. The number of aliphatic hydroxyl groups excluding tert-OH is 1. The van der Waals surface area contributed by atoms with E-state index in [1.165, 1.54) is 0 Å². The maximum Gasteiger partial charge on any atom is 0.415 e. The Bertz CT molecular complexity index is 746. The number of hydrogen-bond acceptors (Lipinski definition) is 4. The van der Waals surface area contributed by atoms with E-state index >= 15 is 0 Å². The summed E-state index contributed by atoms with van der Waals surface area (Å²) in [6.45, 7) is 0.376. The van der Waals surface area contributed by atoms with Crippen LogP contribution in [0.3, 0.4) is 0 Å². The standard InChI is InChI=1S/C19H19NO4/c21-11-18-17-8-6-14-10-15(23-12-13-4-2-1-3-5-13)7-9-16(14)20(17)19(22)24-18/h1-5,7,9-10,17-18,21H,6,8,11-12H2/t17-,18+/m1/s1. The van der Waals surface area contributed by atoms with Crippen molar-refractivity contribution >= 4 is 11.8 Å². The summed E-state index contributed by atoms with van der Waals surface area (Å²) in [6, 6.07) is 15.7. The van der Waals surface area contributed by atoms with Crippen molar-refractivity contribution in [1.29, 1.82) is 0 Å². The van der Waals surface area contributed by atoms with E-state index in [0.29, 0.717) is 6.61 Å². The van der Waals surface area contributed by atoms with Gasteiger partial charge in [-0.15, -0.1) is 0 Å². The normalized spacial score (nSPS) is 21.9. The molecule has 0 radical (unpaired) electrons. The number of benzene rings is 2. The highest BCUT2D eigenvalue weighted by Crippen LogP contribution is 2.38. The van der Waals surface area contributed by atoms with Crippen molar-refractivity contribution in [3.8, 4) is 5.75 Å². The summed E-state index contributed by atoms with van der Waals surface area (Å²) in [4.78, 5) is 13.8. The van der Waals surface area contributed by atoms with Crippen LogP contribution in [-0.4, -0.2) is 30.0 Å². The first-order chi connectivity index (χ1) is 11.8. The predicted octanol–water partition coefficient (Wildman–Crippen LogP) is 2.90. The molecule has 0 unspecified atom stereocenters. The van der Waals surface area contributed by atoms with Crippen molar-refractivity contribution < 1.29 is 19.4 Å². The lowest BCUT2D eigenvalue weighted by atomic mass is 9.94. The highest BCUT2D eigenvalue weighted by atomic mass is 16.6. The monoisotopic (exact) mass is 325 g/mol. The minimum Gasteiger partial charge on any atom is -0.489 e. The Morgan fingerprint density at radius 3 is 2.83 bits per heavy atom. The number of nitrogens with zero attached hydrogens (tertiary/aromatic N) is 1. The molecule has 0 aromatic heterocycles. The van der Waals surface area contributed by atoms with E-state index in [1.54, 1.807) is 4.90 Å². The lowest BCUT2D eigenvalue weighted by Crippen LogP contribution is -2.41. The molecule has 2 aliphatic rings. The molecule has 2 aromatic carbocycles. The maximum absolute atomic E-state index is 12.1. The summed E-state index contributed by atoms with van der Waals surface area (Å²) in [5, 5.41) is 9.37. The van der Waals surface area contributed by atoms with E-state index in [2.05, 4.69) is 0 Å². The lowest BCUT2D eigenvalue weighted by molar-refractivity contribution is 0.0817. The van der Waals surface area contributed by atoms with Crippen molar-refractivity contribution in [2.75, 3.05) is 11.5 Å². The van der Waals surface area contributed by atoms with Gasteiger partial charge in [0.15, 0.2) is 0 Å². The third kappa shape index (κ3) is 2.61. The van der Waals surface area contributed by atoms with Crippen molar-refractivity contribution in [2.24, 2.45) is 0 Å². The average Bonchev–Trinajstić information content (AvgIpc) is 2.97. The van der Waals surface area contributed by atoms with Gasteiger partial charge in [-0.1, -0.05) is 30.3 Å². The number of rotatable bonds is 4. The molecule has 2 heterocycles. The fourth-order valence-corrected chi connectivity index (χ4v) is 3.45. The molecule has 0 spiro atoms. The molecule has 2 aromatic rings. The molecule has 1 saturated heterocycles. The molecule has 0 saturated carbocycles. The third-order valence-electron chi connectivity index (χ3n) is 4.66. The fourth-order valence-electron chi connectivity index (χ4n) is 3.45. The predicted molar refractivity (Wildman–Crippen MR) is 89.2 cm³/mol. The van der Waals surface area contributed by atoms with Gasteiger partial charge in [0.25, 0.3) is 0 Å². The van der Waals surface area contributed by atoms with Gasteiger partial charge in [-0.3, -0.25) is 4.90 Å². The second kappa shape index (κ2) is 6.17. The molecule has 0 aliphatic carbocycles. The van der Waals surface area contributed by atoms with E-state index in [4.69, 9.17) is 9.47 Å². The van der Waals surface area contributed by atoms with Crippen LogP contribution in [0.1, 0.15) is 17.5 Å². The molecular formula is C19H19NO4. The minimum atomic E-state index is -0.431. The Hall–Kier alpha value is -2.53. The Morgan fingerprint density at radius 2 is 2.04 bits per heavy atom. The fraction of sp³-hybridized carbons (Fsp3) is 0.316. The summed E-state index contributed by atoms with van der Waals surface area (Å²) < 4.78 is 11.1. The topological polar surface area (TPSA) is 59.0 Å². The number of cyclic esters (lactones) is 1. The lowest BCUT2D eigenvalue weighted by Gasteiger charge is -2.31. The van der Waals surface area contributed by atoms with Gasteiger partial charge in [0.1, 0.15) is 18.5 Å². The molecule has 4 rings (SSSR count). The molecule has 24 heavy (non-hydrogen) atoms. The summed E-state index contributed by atoms with van der Waals surface area (Å²) in [6.07, 6.45) is 0.816. The molecule has 1 amide bonds. The number of amides is 1. The number of aryl methyl sites for hydroxylation is 1. The van der Waals surface area contributed by atoms with Crippen molar-refractivity contribution in [2.45, 2.75) is 31.6 Å². The summed E-state index contributed by atoms with van der Waals surface area (Å²) in [5.74, 6) is 0.794. The SMILES string of the molecule is O=C1O[C@@H](CO)[C@H]2CCc3cc(OCc4ccccc4)ccc3N12. The van der Waals surface area contributed by atoms with Gasteiger partial charge in [0.2, 0.25) is 0 Å². The van der Waals surface area contributed by atoms with Gasteiger partial charge in [-0.25, -0.2) is 4.79 Å². The van der Waals surface area contributed by atoms with Gasteiger partial charge < -0.3 is 14.6 Å². The van der Waals surface area contributed by atoms with Gasteiger partial charge in [0.05, 0.1) is 18.3 Å². The minimum absolute atomic E-state index is 0.0777. The molecule has 5 heteroatoms. The maximum atomic E-state index is 12.1. The smallest absolute Gasteiger partial charge is 0.415 e. The zero-order chi connectivity index (χ0) is 16.5. The second-order valence-corrected chi connectivity index (χ2v) is 6.15. The van der Waals surface area contributed by atoms with E-state index in [0.717, 1.165) is 35.4 Å². The van der Waals surface area contributed by atoms with Crippen molar-refractivity contribution in [3.05, 3.63) is 59.7 Å². The van der Waals surface area contributed by atoms with Crippen LogP contribution in [0.4, 0.5) is 10.5 Å². The number of ether oxygens (including phenoxy) is 2. The third-order valence-corrected chi connectivity index (χ3v) is 4.66. The number of hydrogen-bond donors (Lipinski definition) is 1. The number of carbonyl (C=O) groups is 1. The summed E-state index contributed by atoms with van der Waals surface area (Å²) in [5.41, 5.74) is 3.05. The quantitative estimate of drug-likeness (QED) is 0.939. The van der Waals surface area contributed by atoms with Gasteiger partial charge >= 0.3 is 6.09 Å². The van der Waals surface area contributed by atoms with Gasteiger partial charge in [-0.05, 0) is 42.2 Å². The number of anilines is 1. The second-order valence-electron chi connectivity index (χ2n) is 6.15. The average molecular weight is 325 g/mol. The van der Waals surface area contributed by atoms with E-state index in [-0.39, 0.29) is 18.7 Å². The van der Waals surface area contributed by atoms with Crippen LogP contribution in [-0.2, 0) is 17.8 Å². The van der Waals surface area contributed by atoms with Crippen LogP contribution in [0, 0.1) is 0 Å². The van der Waals surface area contributed by atoms with Gasteiger partial charge in [-0.2, -0.15) is 0 Å². The molecule has 1 fully saturated rings. The van der Waals surface area contributed by atoms with Crippen LogP contribution < -0.4 is 9.64 Å². The highest BCUT2D eigenvalue weighted by molar-refractivity contribution is 5.92. The zero-order valence-corrected chi connectivity index (χ0v) is 13.2. The van der Waals surface area contributed by atoms with Crippen LogP contribution in [0.5, 0.6) is 5.75 Å². The van der Waals surface area contributed by atoms with E-state index < -0.39 is 6.10 Å². The van der Waals surface area contributed by atoms with Crippen LogP contribution in [0.25, 0.3) is 0 Å². The first kappa shape index (κ1) is 15.0. The molecule has 2 atom stereocenters. The molecule has 2 aliphatic heterocycles. The number of aliphatic hydroxyl groups is 1. The van der Waals surface area contributed by atoms with Crippen LogP contribution in [0.15, 0.2) is 48.5 Å². The Labute approximate surface area is 140 Å². The molecule has 0 bridgehead atoms. The highest BCUT2D eigenvalue weighted by Gasteiger charge is 2.44. The molecular weight excluding hydrogens is 306 g/mol. The first-order valence-electron chi connectivity index (χ1n) is 8.16. The summed E-state index contributed by atoms with van der Waals surface area (Å²) in [7, 11) is 0. The van der Waals surface area contributed by atoms with Crippen molar-refractivity contribution in [3.63, 3.8) is 0 Å². The molecule has 1 N–H and O–H groups in total. The first-order valence-corrected chi connectivity index (χ1v) is 8.16. The van der Waals surface area contributed by atoms with E-state index in [1.807, 2.05) is 48.5 Å². The van der Waals surface area contributed by atoms with Crippen LogP contribution >= 0.6 is 0 Å². The Morgan fingerprint density at radius 1 is 1.21 bits per heavy atom.